The highest BCUT2D eigenvalue weighted by atomic mass is 16.8. The number of carbonyl (C=O) groups excluding carboxylic acids is 2. The van der Waals surface area contributed by atoms with E-state index in [9.17, 15) is 61.0 Å². The van der Waals surface area contributed by atoms with E-state index < -0.39 is 152 Å². The van der Waals surface area contributed by atoms with Gasteiger partial charge < -0.3 is 98.8 Å². The molecule has 5 aliphatic carbocycles. The van der Waals surface area contributed by atoms with Crippen molar-refractivity contribution in [1.82, 2.24) is 0 Å². The lowest BCUT2D eigenvalue weighted by Gasteiger charge is -2.71. The summed E-state index contributed by atoms with van der Waals surface area (Å²) in [6.07, 6.45) is -21.7. The Morgan fingerprint density at radius 1 is 0.645 bits per heavy atom. The number of allylic oxidation sites excluding steroid dienone is 2. The van der Waals surface area contributed by atoms with Gasteiger partial charge in [-0.15, -0.1) is 0 Å². The standard InChI is InChI=1S/C54H86O22/c1-23-31(56)34(59)39(64)45(71-23)75-42-36(61)33(58)27(22-70-44-38(63)32(57)26(55)21-69-44)72-47(42)76-48(67)54-18-16-49(2,3)20-25(54)24-10-11-29-51(6)14-13-30(73-46-40(65)35(60)37(62)41(74-46)43(66)68-9)50(4,5)28(51)12-15-53(29,8)52(24,7)17-19-54/h10,23,25-42,44-47,55-65H,11-22H2,1-9H3. The van der Waals surface area contributed by atoms with Crippen molar-refractivity contribution in [3.05, 3.63) is 11.6 Å². The molecule has 27 unspecified atom stereocenters. The Morgan fingerprint density at radius 2 is 1.29 bits per heavy atom. The first-order valence-corrected chi connectivity index (χ1v) is 27.5. The monoisotopic (exact) mass is 1090 g/mol. The molecule has 0 aromatic heterocycles. The third-order valence-corrected chi connectivity index (χ3v) is 21.1. The van der Waals surface area contributed by atoms with Crippen molar-refractivity contribution in [2.75, 3.05) is 20.3 Å². The number of aliphatic hydroxyl groups is 11. The van der Waals surface area contributed by atoms with Gasteiger partial charge in [-0.3, -0.25) is 4.79 Å². The van der Waals surface area contributed by atoms with Crippen LogP contribution in [-0.2, 0) is 52.2 Å². The average Bonchev–Trinajstić information content (AvgIpc) is 3.39. The maximum atomic E-state index is 15.5. The van der Waals surface area contributed by atoms with Crippen LogP contribution in [0, 0.1) is 50.2 Å². The van der Waals surface area contributed by atoms with Crippen LogP contribution in [-0.4, -0.2) is 211 Å². The normalized spacial score (nSPS) is 52.9. The molecule has 4 saturated heterocycles. The number of carbonyl (C=O) groups is 2. The minimum atomic E-state index is -1.89. The maximum Gasteiger partial charge on any atom is 0.337 e. The van der Waals surface area contributed by atoms with E-state index in [1.807, 2.05) is 0 Å². The van der Waals surface area contributed by atoms with Gasteiger partial charge in [0.25, 0.3) is 0 Å². The van der Waals surface area contributed by atoms with Crippen LogP contribution >= 0.6 is 0 Å². The second kappa shape index (κ2) is 21.1. The number of ether oxygens (including phenoxy) is 9. The molecule has 0 spiro atoms. The second-order valence-electron chi connectivity index (χ2n) is 26.1. The van der Waals surface area contributed by atoms with Gasteiger partial charge in [-0.25, -0.2) is 4.79 Å². The first-order chi connectivity index (χ1) is 35.5. The largest absolute Gasteiger partial charge is 0.467 e. The van der Waals surface area contributed by atoms with Gasteiger partial charge in [-0.2, -0.15) is 0 Å². The van der Waals surface area contributed by atoms with Crippen LogP contribution in [0.1, 0.15) is 120 Å². The highest BCUT2D eigenvalue weighted by Crippen LogP contribution is 2.76. The van der Waals surface area contributed by atoms with Crippen molar-refractivity contribution in [1.29, 1.82) is 0 Å². The summed E-state index contributed by atoms with van der Waals surface area (Å²) in [5.74, 6) is -1.40. The summed E-state index contributed by atoms with van der Waals surface area (Å²) in [6.45, 7) is 16.4. The smallest absolute Gasteiger partial charge is 0.337 e. The molecule has 0 bridgehead atoms. The molecule has 0 aromatic rings. The third-order valence-electron chi connectivity index (χ3n) is 21.1. The van der Waals surface area contributed by atoms with Crippen LogP contribution < -0.4 is 0 Å². The quantitative estimate of drug-likeness (QED) is 0.0767. The van der Waals surface area contributed by atoms with Crippen LogP contribution in [0.25, 0.3) is 0 Å². The summed E-state index contributed by atoms with van der Waals surface area (Å²) >= 11 is 0. The Labute approximate surface area is 443 Å². The molecule has 4 saturated carbocycles. The molecule has 4 heterocycles. The number of hydrogen-bond acceptors (Lipinski definition) is 22. The summed E-state index contributed by atoms with van der Waals surface area (Å²) in [7, 11) is 1.15. The fraction of sp³-hybridized carbons (Fsp3) is 0.926. The SMILES string of the molecule is COC(=O)C1OC(OC2CCC3(C)C(CCC4(C)C3CC=C3C5CC(C)(C)CCC5(C(=O)OC5OC(COC6OCC(O)C(O)C6O)C(O)C(O)C5OC5OC(C)C(O)C(O)C5O)CCC34C)C2(C)C)C(O)C(O)C1O. The van der Waals surface area contributed by atoms with E-state index in [1.165, 1.54) is 12.5 Å². The Bertz CT molecular complexity index is 2140. The van der Waals surface area contributed by atoms with E-state index >= 15 is 4.79 Å². The molecule has 76 heavy (non-hydrogen) atoms. The molecule has 9 aliphatic rings. The number of fused-ring (bicyclic) bond motifs is 7. The summed E-state index contributed by atoms with van der Waals surface area (Å²) in [4.78, 5) is 28.1. The van der Waals surface area contributed by atoms with Crippen molar-refractivity contribution >= 4 is 11.9 Å². The number of aliphatic hydroxyl groups excluding tert-OH is 11. The molecule has 8 fully saturated rings. The topological polar surface area (TPSA) is 340 Å². The summed E-state index contributed by atoms with van der Waals surface area (Å²) in [5, 5.41) is 119. The van der Waals surface area contributed by atoms with Gasteiger partial charge in [0.2, 0.25) is 6.29 Å². The number of methoxy groups -OCH3 is 1. The third kappa shape index (κ3) is 9.53. The molecule has 27 atom stereocenters. The molecule has 434 valence electrons. The Kier molecular flexibility index (Phi) is 16.2. The lowest BCUT2D eigenvalue weighted by atomic mass is 9.33. The fourth-order valence-corrected chi connectivity index (χ4v) is 16.2. The zero-order chi connectivity index (χ0) is 55.6. The first kappa shape index (κ1) is 58.6. The Hall–Kier alpha value is -2.04. The van der Waals surface area contributed by atoms with Crippen LogP contribution in [0.2, 0.25) is 0 Å². The van der Waals surface area contributed by atoms with E-state index in [0.29, 0.717) is 38.5 Å². The Balaban J connectivity index is 0.980. The van der Waals surface area contributed by atoms with Crippen LogP contribution in [0.3, 0.4) is 0 Å². The van der Waals surface area contributed by atoms with Crippen molar-refractivity contribution in [3.8, 4) is 0 Å². The number of hydrogen-bond donors (Lipinski definition) is 11. The molecular weight excluding hydrogens is 1000 g/mol. The highest BCUT2D eigenvalue weighted by Gasteiger charge is 2.70. The number of rotatable bonds is 10. The highest BCUT2D eigenvalue weighted by molar-refractivity contribution is 5.79. The zero-order valence-corrected chi connectivity index (χ0v) is 45.3. The molecular formula is C54H86O22. The van der Waals surface area contributed by atoms with Crippen LogP contribution in [0.15, 0.2) is 11.6 Å². The van der Waals surface area contributed by atoms with E-state index in [4.69, 9.17) is 42.6 Å². The lowest BCUT2D eigenvalue weighted by molar-refractivity contribution is -0.365. The first-order valence-electron chi connectivity index (χ1n) is 27.5. The lowest BCUT2D eigenvalue weighted by Crippen LogP contribution is -2.66. The molecule has 9 rings (SSSR count). The molecule has 11 N–H and O–H groups in total. The number of esters is 2. The summed E-state index contributed by atoms with van der Waals surface area (Å²) in [5.41, 5.74) is -1.25. The van der Waals surface area contributed by atoms with Crippen molar-refractivity contribution < 1.29 is 108 Å². The molecule has 0 amide bonds. The molecule has 22 heteroatoms. The van der Waals surface area contributed by atoms with Crippen molar-refractivity contribution in [3.63, 3.8) is 0 Å². The van der Waals surface area contributed by atoms with Gasteiger partial charge in [-0.1, -0.05) is 60.1 Å². The minimum Gasteiger partial charge on any atom is -0.467 e. The van der Waals surface area contributed by atoms with Gasteiger partial charge in [-0.05, 0) is 116 Å². The van der Waals surface area contributed by atoms with E-state index in [-0.39, 0.29) is 46.0 Å². The van der Waals surface area contributed by atoms with Crippen molar-refractivity contribution in [2.24, 2.45) is 50.2 Å². The summed E-state index contributed by atoms with van der Waals surface area (Å²) < 4.78 is 52.8. The van der Waals surface area contributed by atoms with E-state index in [1.54, 1.807) is 0 Å². The minimum absolute atomic E-state index is 0.152. The summed E-state index contributed by atoms with van der Waals surface area (Å²) in [6, 6.07) is 0. The van der Waals surface area contributed by atoms with Gasteiger partial charge >= 0.3 is 11.9 Å². The van der Waals surface area contributed by atoms with Crippen molar-refractivity contribution in [2.45, 2.75) is 242 Å². The van der Waals surface area contributed by atoms with E-state index in [2.05, 4.69) is 54.5 Å². The van der Waals surface area contributed by atoms with Gasteiger partial charge in [0.15, 0.2) is 31.1 Å². The predicted octanol–water partition coefficient (Wildman–Crippen LogP) is -0.188. The molecule has 4 aliphatic heterocycles. The fourth-order valence-electron chi connectivity index (χ4n) is 16.2. The zero-order valence-electron chi connectivity index (χ0n) is 45.3. The second-order valence-corrected chi connectivity index (χ2v) is 26.1. The van der Waals surface area contributed by atoms with Gasteiger partial charge in [0, 0.05) is 0 Å². The predicted molar refractivity (Wildman–Crippen MR) is 260 cm³/mol. The van der Waals surface area contributed by atoms with Crippen LogP contribution in [0.4, 0.5) is 0 Å². The van der Waals surface area contributed by atoms with Gasteiger partial charge in [0.05, 0.1) is 37.9 Å². The Morgan fingerprint density at radius 3 is 1.97 bits per heavy atom. The average molecular weight is 1090 g/mol. The maximum absolute atomic E-state index is 15.5. The van der Waals surface area contributed by atoms with E-state index in [0.717, 1.165) is 32.8 Å². The van der Waals surface area contributed by atoms with Crippen LogP contribution in [0.5, 0.6) is 0 Å². The van der Waals surface area contributed by atoms with Gasteiger partial charge in [0.1, 0.15) is 73.2 Å². The molecule has 22 nitrogen and oxygen atoms in total. The molecule has 0 radical (unpaired) electrons. The molecule has 0 aromatic carbocycles.